The van der Waals surface area contributed by atoms with E-state index in [1.165, 1.54) is 7.11 Å². The Morgan fingerprint density at radius 3 is 2.81 bits per heavy atom. The maximum Gasteiger partial charge on any atom is 0.411 e. The van der Waals surface area contributed by atoms with Crippen LogP contribution >= 0.6 is 0 Å². The molecule has 0 unspecified atom stereocenters. The van der Waals surface area contributed by atoms with Crippen LogP contribution in [0.4, 0.5) is 13.2 Å². The molecule has 0 radical (unpaired) electrons. The molecule has 1 aromatic heterocycles. The fourth-order valence-electron chi connectivity index (χ4n) is 0.913. The Labute approximate surface area is 88.6 Å². The molecule has 0 aliphatic heterocycles. The smallest absolute Gasteiger partial charge is 0.411 e. The van der Waals surface area contributed by atoms with Crippen LogP contribution in [-0.2, 0) is 16.1 Å². The highest BCUT2D eigenvalue weighted by atomic mass is 19.4. The number of imidazole rings is 1. The number of carbonyl (C=O) groups is 1. The summed E-state index contributed by atoms with van der Waals surface area (Å²) in [5, 5.41) is 0. The molecule has 0 bridgehead atoms. The van der Waals surface area contributed by atoms with Crippen LogP contribution in [0.5, 0.6) is 0 Å². The van der Waals surface area contributed by atoms with Crippen molar-refractivity contribution in [3.05, 3.63) is 17.7 Å². The molecule has 0 spiro atoms. The molecule has 0 atom stereocenters. The van der Waals surface area contributed by atoms with Crippen molar-refractivity contribution in [1.29, 1.82) is 0 Å². The van der Waals surface area contributed by atoms with Crippen molar-refractivity contribution in [2.45, 2.75) is 12.8 Å². The molecule has 0 amide bonds. The van der Waals surface area contributed by atoms with Gasteiger partial charge < -0.3 is 14.5 Å². The average molecular weight is 238 g/mol. The van der Waals surface area contributed by atoms with Crippen LogP contribution < -0.4 is 0 Å². The lowest BCUT2D eigenvalue weighted by molar-refractivity contribution is -0.177. The molecule has 1 N–H and O–H groups in total. The Morgan fingerprint density at radius 2 is 2.25 bits per heavy atom. The minimum atomic E-state index is -4.38. The first-order valence-corrected chi connectivity index (χ1v) is 4.19. The van der Waals surface area contributed by atoms with E-state index in [1.807, 2.05) is 0 Å². The summed E-state index contributed by atoms with van der Waals surface area (Å²) in [6.45, 7) is -1.71. The first-order valence-electron chi connectivity index (χ1n) is 4.19. The Morgan fingerprint density at radius 1 is 1.56 bits per heavy atom. The largest absolute Gasteiger partial charge is 0.464 e. The number of rotatable bonds is 4. The van der Waals surface area contributed by atoms with Gasteiger partial charge in [-0.3, -0.25) is 0 Å². The molecule has 0 aliphatic carbocycles. The van der Waals surface area contributed by atoms with E-state index in [0.717, 1.165) is 6.20 Å². The molecule has 1 rings (SSSR count). The van der Waals surface area contributed by atoms with Crippen molar-refractivity contribution in [3.63, 3.8) is 0 Å². The maximum absolute atomic E-state index is 11.7. The zero-order chi connectivity index (χ0) is 12.2. The van der Waals surface area contributed by atoms with E-state index < -0.39 is 18.8 Å². The summed E-state index contributed by atoms with van der Waals surface area (Å²) in [6, 6.07) is 0. The molecule has 5 nitrogen and oxygen atoms in total. The highest BCUT2D eigenvalue weighted by Crippen LogP contribution is 2.15. The molecule has 1 aromatic rings. The van der Waals surface area contributed by atoms with Gasteiger partial charge in [0.05, 0.1) is 13.3 Å². The monoisotopic (exact) mass is 238 g/mol. The lowest BCUT2D eigenvalue weighted by Gasteiger charge is -2.05. The molecular weight excluding hydrogens is 229 g/mol. The number of halogens is 3. The average Bonchev–Trinajstić information content (AvgIpc) is 2.63. The minimum absolute atomic E-state index is 0.0631. The van der Waals surface area contributed by atoms with E-state index in [0.29, 0.717) is 0 Å². The third-order valence-corrected chi connectivity index (χ3v) is 1.54. The van der Waals surface area contributed by atoms with E-state index in [9.17, 15) is 18.0 Å². The lowest BCUT2D eigenvalue weighted by Crippen LogP contribution is -2.17. The quantitative estimate of drug-likeness (QED) is 0.802. The summed E-state index contributed by atoms with van der Waals surface area (Å²) in [4.78, 5) is 17.1. The number of esters is 1. The molecule has 0 aliphatic rings. The SMILES string of the molecule is COC(=O)c1cnc(COCC(F)(F)F)[nH]1. The fraction of sp³-hybridized carbons (Fsp3) is 0.500. The maximum atomic E-state index is 11.7. The van der Waals surface area contributed by atoms with Gasteiger partial charge in [0.1, 0.15) is 24.7 Å². The van der Waals surface area contributed by atoms with Crippen LogP contribution in [0.3, 0.4) is 0 Å². The van der Waals surface area contributed by atoms with Crippen LogP contribution in [0.15, 0.2) is 6.20 Å². The molecule has 0 aromatic carbocycles. The number of hydrogen-bond acceptors (Lipinski definition) is 4. The number of methoxy groups -OCH3 is 1. The molecule has 90 valence electrons. The van der Waals surface area contributed by atoms with Crippen LogP contribution in [-0.4, -0.2) is 35.8 Å². The second kappa shape index (κ2) is 4.97. The van der Waals surface area contributed by atoms with Gasteiger partial charge in [0, 0.05) is 0 Å². The lowest BCUT2D eigenvalue weighted by atomic mass is 10.5. The summed E-state index contributed by atoms with van der Waals surface area (Å²) in [5.41, 5.74) is 0.0631. The summed E-state index contributed by atoms with van der Waals surface area (Å²) in [5.74, 6) is -0.515. The van der Waals surface area contributed by atoms with E-state index in [-0.39, 0.29) is 18.1 Å². The number of alkyl halides is 3. The second-order valence-corrected chi connectivity index (χ2v) is 2.84. The van der Waals surface area contributed by atoms with Gasteiger partial charge in [0.2, 0.25) is 0 Å². The molecule has 8 heteroatoms. The second-order valence-electron chi connectivity index (χ2n) is 2.84. The number of aromatic amines is 1. The Hall–Kier alpha value is -1.57. The van der Waals surface area contributed by atoms with Crippen LogP contribution in [0, 0.1) is 0 Å². The topological polar surface area (TPSA) is 64.2 Å². The van der Waals surface area contributed by atoms with Crippen molar-refractivity contribution in [1.82, 2.24) is 9.97 Å². The van der Waals surface area contributed by atoms with Gasteiger partial charge in [0.15, 0.2) is 0 Å². The zero-order valence-electron chi connectivity index (χ0n) is 8.30. The van der Waals surface area contributed by atoms with Crippen molar-refractivity contribution in [3.8, 4) is 0 Å². The highest BCUT2D eigenvalue weighted by Gasteiger charge is 2.27. The predicted octanol–water partition coefficient (Wildman–Crippen LogP) is 1.28. The number of ether oxygens (including phenoxy) is 2. The van der Waals surface area contributed by atoms with E-state index in [4.69, 9.17) is 0 Å². The number of hydrogen-bond donors (Lipinski definition) is 1. The molecular formula is C8H9F3N2O3. The van der Waals surface area contributed by atoms with Crippen LogP contribution in [0.1, 0.15) is 16.3 Å². The van der Waals surface area contributed by atoms with E-state index in [1.54, 1.807) is 0 Å². The number of H-pyrrole nitrogens is 1. The van der Waals surface area contributed by atoms with Crippen molar-refractivity contribution in [2.24, 2.45) is 0 Å². The highest BCUT2D eigenvalue weighted by molar-refractivity contribution is 5.86. The summed E-state index contributed by atoms with van der Waals surface area (Å²) >= 11 is 0. The minimum Gasteiger partial charge on any atom is -0.464 e. The van der Waals surface area contributed by atoms with Gasteiger partial charge in [-0.25, -0.2) is 9.78 Å². The molecule has 1 heterocycles. The number of nitrogens with one attached hydrogen (secondary N) is 1. The van der Waals surface area contributed by atoms with Gasteiger partial charge >= 0.3 is 12.1 Å². The Kier molecular flexibility index (Phi) is 3.88. The summed E-state index contributed by atoms with van der Waals surface area (Å²) in [7, 11) is 1.18. The van der Waals surface area contributed by atoms with Crippen molar-refractivity contribution in [2.75, 3.05) is 13.7 Å². The fourth-order valence-corrected chi connectivity index (χ4v) is 0.913. The Balaban J connectivity index is 2.44. The predicted molar refractivity (Wildman–Crippen MR) is 45.6 cm³/mol. The molecule has 0 saturated heterocycles. The van der Waals surface area contributed by atoms with Gasteiger partial charge in [-0.15, -0.1) is 0 Å². The summed E-state index contributed by atoms with van der Waals surface area (Å²) < 4.78 is 43.9. The van der Waals surface area contributed by atoms with E-state index >= 15 is 0 Å². The molecule has 16 heavy (non-hydrogen) atoms. The first kappa shape index (κ1) is 12.5. The number of aromatic nitrogens is 2. The van der Waals surface area contributed by atoms with Crippen molar-refractivity contribution >= 4 is 5.97 Å². The normalized spacial score (nSPS) is 11.5. The van der Waals surface area contributed by atoms with Gasteiger partial charge in [-0.2, -0.15) is 13.2 Å². The molecule has 0 fully saturated rings. The standard InChI is InChI=1S/C8H9F3N2O3/c1-15-7(14)5-2-12-6(13-5)3-16-4-8(9,10)11/h2H,3-4H2,1H3,(H,12,13). The van der Waals surface area contributed by atoms with Crippen LogP contribution in [0.2, 0.25) is 0 Å². The van der Waals surface area contributed by atoms with Gasteiger partial charge in [-0.05, 0) is 0 Å². The number of nitrogens with zero attached hydrogens (tertiary/aromatic N) is 1. The Bertz CT molecular complexity index is 362. The number of carbonyl (C=O) groups excluding carboxylic acids is 1. The van der Waals surface area contributed by atoms with Gasteiger partial charge in [-0.1, -0.05) is 0 Å². The van der Waals surface area contributed by atoms with E-state index in [2.05, 4.69) is 19.4 Å². The van der Waals surface area contributed by atoms with Crippen LogP contribution in [0.25, 0.3) is 0 Å². The van der Waals surface area contributed by atoms with Gasteiger partial charge in [0.25, 0.3) is 0 Å². The third kappa shape index (κ3) is 3.89. The zero-order valence-corrected chi connectivity index (χ0v) is 8.30. The molecule has 0 saturated carbocycles. The summed E-state index contributed by atoms with van der Waals surface area (Å²) in [6.07, 6.45) is -3.21. The third-order valence-electron chi connectivity index (χ3n) is 1.54. The van der Waals surface area contributed by atoms with Crippen molar-refractivity contribution < 1.29 is 27.4 Å². The first-order chi connectivity index (χ1) is 7.42.